The zero-order valence-corrected chi connectivity index (χ0v) is 10.4. The lowest BCUT2D eigenvalue weighted by Gasteiger charge is -2.26. The number of aliphatic hydroxyl groups is 1. The summed E-state index contributed by atoms with van der Waals surface area (Å²) in [6.45, 7) is 4.05. The molecular formula is C12H18N2O3. The van der Waals surface area contributed by atoms with Crippen molar-refractivity contribution in [3.8, 4) is 0 Å². The van der Waals surface area contributed by atoms with E-state index in [9.17, 15) is 4.79 Å². The second-order valence-electron chi connectivity index (χ2n) is 4.40. The van der Waals surface area contributed by atoms with Crippen LogP contribution in [-0.4, -0.2) is 35.3 Å². The van der Waals surface area contributed by atoms with E-state index < -0.39 is 5.97 Å². The minimum absolute atomic E-state index is 0.106. The van der Waals surface area contributed by atoms with Crippen molar-refractivity contribution >= 4 is 11.7 Å². The van der Waals surface area contributed by atoms with Gasteiger partial charge >= 0.3 is 5.97 Å². The molecule has 2 N–H and O–H groups in total. The van der Waals surface area contributed by atoms with Crippen LogP contribution in [0.3, 0.4) is 0 Å². The fourth-order valence-corrected chi connectivity index (χ4v) is 1.46. The number of ether oxygens (including phenoxy) is 1. The van der Waals surface area contributed by atoms with E-state index in [4.69, 9.17) is 5.11 Å². The molecule has 0 aliphatic heterocycles. The smallest absolute Gasteiger partial charge is 0.356 e. The molecular weight excluding hydrogens is 220 g/mol. The van der Waals surface area contributed by atoms with Crippen molar-refractivity contribution in [1.82, 2.24) is 4.98 Å². The summed E-state index contributed by atoms with van der Waals surface area (Å²) in [5.41, 5.74) is 0.792. The van der Waals surface area contributed by atoms with E-state index >= 15 is 0 Å². The van der Waals surface area contributed by atoms with Crippen LogP contribution in [0.25, 0.3) is 0 Å². The topological polar surface area (TPSA) is 71.5 Å². The number of carbonyl (C=O) groups is 1. The van der Waals surface area contributed by atoms with Crippen LogP contribution in [0.2, 0.25) is 0 Å². The Kier molecular flexibility index (Phi) is 4.45. The Bertz CT molecular complexity index is 391. The SMILES string of the molecule is COC(=O)c1cc(NC(C)(C)CCO)ccn1. The molecule has 94 valence electrons. The lowest BCUT2D eigenvalue weighted by Crippen LogP contribution is -2.32. The highest BCUT2D eigenvalue weighted by atomic mass is 16.5. The number of hydrogen-bond acceptors (Lipinski definition) is 5. The molecule has 0 saturated carbocycles. The molecule has 1 aromatic rings. The Labute approximate surface area is 101 Å². The lowest BCUT2D eigenvalue weighted by atomic mass is 10.0. The second kappa shape index (κ2) is 5.63. The van der Waals surface area contributed by atoms with Crippen LogP contribution in [0.1, 0.15) is 30.8 Å². The quantitative estimate of drug-likeness (QED) is 0.759. The molecule has 0 radical (unpaired) electrons. The minimum Gasteiger partial charge on any atom is -0.464 e. The maximum atomic E-state index is 11.3. The van der Waals surface area contributed by atoms with Crippen LogP contribution in [0.15, 0.2) is 18.3 Å². The second-order valence-corrected chi connectivity index (χ2v) is 4.40. The Morgan fingerprint density at radius 2 is 2.29 bits per heavy atom. The summed E-state index contributed by atoms with van der Waals surface area (Å²) in [6, 6.07) is 3.40. The average Bonchev–Trinajstić information content (AvgIpc) is 2.27. The number of nitrogens with zero attached hydrogens (tertiary/aromatic N) is 1. The predicted octanol–water partition coefficient (Wildman–Crippen LogP) is 1.44. The van der Waals surface area contributed by atoms with Gasteiger partial charge < -0.3 is 15.2 Å². The van der Waals surface area contributed by atoms with Crippen LogP contribution in [0.4, 0.5) is 5.69 Å². The third kappa shape index (κ3) is 4.03. The zero-order valence-electron chi connectivity index (χ0n) is 10.4. The highest BCUT2D eigenvalue weighted by Gasteiger charge is 2.17. The fourth-order valence-electron chi connectivity index (χ4n) is 1.46. The van der Waals surface area contributed by atoms with Gasteiger partial charge in [-0.25, -0.2) is 9.78 Å². The summed E-state index contributed by atoms with van der Waals surface area (Å²) in [6.07, 6.45) is 2.16. The summed E-state index contributed by atoms with van der Waals surface area (Å²) in [5, 5.41) is 12.2. The Morgan fingerprint density at radius 1 is 1.59 bits per heavy atom. The molecule has 0 spiro atoms. The number of aromatic nitrogens is 1. The number of hydrogen-bond donors (Lipinski definition) is 2. The Hall–Kier alpha value is -1.62. The third-order valence-electron chi connectivity index (χ3n) is 2.37. The van der Waals surface area contributed by atoms with Crippen molar-refractivity contribution in [3.05, 3.63) is 24.0 Å². The van der Waals surface area contributed by atoms with Gasteiger partial charge in [-0.15, -0.1) is 0 Å². The van der Waals surface area contributed by atoms with E-state index in [0.29, 0.717) is 6.42 Å². The number of anilines is 1. The van der Waals surface area contributed by atoms with Gasteiger partial charge in [0.1, 0.15) is 5.69 Å². The maximum absolute atomic E-state index is 11.3. The van der Waals surface area contributed by atoms with Crippen molar-refractivity contribution < 1.29 is 14.6 Å². The van der Waals surface area contributed by atoms with E-state index in [1.165, 1.54) is 7.11 Å². The number of nitrogens with one attached hydrogen (secondary N) is 1. The van der Waals surface area contributed by atoms with Crippen LogP contribution in [0, 0.1) is 0 Å². The Balaban J connectivity index is 2.82. The number of esters is 1. The first-order chi connectivity index (χ1) is 7.98. The van der Waals surface area contributed by atoms with Gasteiger partial charge in [-0.2, -0.15) is 0 Å². The van der Waals surface area contributed by atoms with E-state index in [0.717, 1.165) is 5.69 Å². The fraction of sp³-hybridized carbons (Fsp3) is 0.500. The normalized spacial score (nSPS) is 11.1. The Morgan fingerprint density at radius 3 is 2.88 bits per heavy atom. The number of rotatable bonds is 5. The van der Waals surface area contributed by atoms with Gasteiger partial charge in [0.05, 0.1) is 7.11 Å². The van der Waals surface area contributed by atoms with Gasteiger partial charge in [-0.1, -0.05) is 0 Å². The molecule has 5 heteroatoms. The molecule has 0 amide bonds. The molecule has 0 fully saturated rings. The standard InChI is InChI=1S/C12H18N2O3/c1-12(2,5-7-15)14-9-4-6-13-10(8-9)11(16)17-3/h4,6,8,15H,5,7H2,1-3H3,(H,13,14). The summed E-state index contributed by atoms with van der Waals surface area (Å²) < 4.78 is 4.60. The summed E-state index contributed by atoms with van der Waals surface area (Å²) in [4.78, 5) is 15.2. The van der Waals surface area contributed by atoms with E-state index in [-0.39, 0.29) is 17.8 Å². The molecule has 0 atom stereocenters. The molecule has 0 aromatic carbocycles. The molecule has 0 aliphatic rings. The molecule has 0 aliphatic carbocycles. The van der Waals surface area contributed by atoms with Gasteiger partial charge in [-0.05, 0) is 32.4 Å². The molecule has 0 saturated heterocycles. The van der Waals surface area contributed by atoms with E-state index in [1.54, 1.807) is 18.3 Å². The van der Waals surface area contributed by atoms with Crippen molar-refractivity contribution in [2.75, 3.05) is 19.0 Å². The number of carbonyl (C=O) groups excluding carboxylic acids is 1. The van der Waals surface area contributed by atoms with Crippen LogP contribution in [0.5, 0.6) is 0 Å². The van der Waals surface area contributed by atoms with Gasteiger partial charge in [0, 0.05) is 24.0 Å². The van der Waals surface area contributed by atoms with Gasteiger partial charge in [0.2, 0.25) is 0 Å². The summed E-state index contributed by atoms with van der Waals surface area (Å²) in [5.74, 6) is -0.464. The average molecular weight is 238 g/mol. The molecule has 17 heavy (non-hydrogen) atoms. The number of methoxy groups -OCH3 is 1. The van der Waals surface area contributed by atoms with Gasteiger partial charge in [-0.3, -0.25) is 0 Å². The van der Waals surface area contributed by atoms with Crippen LogP contribution in [-0.2, 0) is 4.74 Å². The molecule has 1 aromatic heterocycles. The first kappa shape index (κ1) is 13.4. The first-order valence-corrected chi connectivity index (χ1v) is 5.42. The maximum Gasteiger partial charge on any atom is 0.356 e. The molecule has 0 unspecified atom stereocenters. The van der Waals surface area contributed by atoms with Crippen LogP contribution < -0.4 is 5.32 Å². The van der Waals surface area contributed by atoms with Crippen LogP contribution >= 0.6 is 0 Å². The monoisotopic (exact) mass is 238 g/mol. The third-order valence-corrected chi connectivity index (χ3v) is 2.37. The van der Waals surface area contributed by atoms with E-state index in [2.05, 4.69) is 15.0 Å². The van der Waals surface area contributed by atoms with Crippen molar-refractivity contribution in [2.24, 2.45) is 0 Å². The molecule has 1 heterocycles. The number of aliphatic hydroxyl groups excluding tert-OH is 1. The van der Waals surface area contributed by atoms with Crippen molar-refractivity contribution in [3.63, 3.8) is 0 Å². The largest absolute Gasteiger partial charge is 0.464 e. The minimum atomic E-state index is -0.464. The first-order valence-electron chi connectivity index (χ1n) is 5.42. The van der Waals surface area contributed by atoms with Crippen molar-refractivity contribution in [1.29, 1.82) is 0 Å². The highest BCUT2D eigenvalue weighted by Crippen LogP contribution is 2.18. The highest BCUT2D eigenvalue weighted by molar-refractivity contribution is 5.88. The van der Waals surface area contributed by atoms with Gasteiger partial charge in [0.25, 0.3) is 0 Å². The molecule has 0 bridgehead atoms. The lowest BCUT2D eigenvalue weighted by molar-refractivity contribution is 0.0594. The summed E-state index contributed by atoms with van der Waals surface area (Å²) in [7, 11) is 1.32. The van der Waals surface area contributed by atoms with E-state index in [1.807, 2.05) is 13.8 Å². The zero-order chi connectivity index (χ0) is 12.9. The summed E-state index contributed by atoms with van der Waals surface area (Å²) >= 11 is 0. The molecule has 5 nitrogen and oxygen atoms in total. The number of pyridine rings is 1. The molecule has 1 rings (SSSR count). The predicted molar refractivity (Wildman–Crippen MR) is 65.0 cm³/mol. The van der Waals surface area contributed by atoms with Crippen molar-refractivity contribution in [2.45, 2.75) is 25.8 Å². The van der Waals surface area contributed by atoms with Gasteiger partial charge in [0.15, 0.2) is 0 Å².